The van der Waals surface area contributed by atoms with Crippen LogP contribution in [0.1, 0.15) is 0 Å². The van der Waals surface area contributed by atoms with E-state index in [9.17, 15) is 0 Å². The minimum atomic E-state index is 0.690. The number of nitrogen functional groups attached to an aromatic ring is 1. The number of hydrogen-bond acceptors (Lipinski definition) is 2. The summed E-state index contributed by atoms with van der Waals surface area (Å²) >= 11 is 3.38. The average molecular weight is 212 g/mol. The van der Waals surface area contributed by atoms with Gasteiger partial charge in [0.1, 0.15) is 0 Å². The van der Waals surface area contributed by atoms with Crippen LogP contribution < -0.4 is 5.73 Å². The molecule has 2 rings (SSSR count). The molecule has 4 heteroatoms. The highest BCUT2D eigenvalue weighted by molar-refractivity contribution is 9.10. The van der Waals surface area contributed by atoms with Crippen LogP contribution in [-0.4, -0.2) is 9.97 Å². The van der Waals surface area contributed by atoms with Crippen LogP contribution in [0.15, 0.2) is 23.1 Å². The molecule has 0 unspecified atom stereocenters. The SMILES string of the molecule is Nc1cncc2[nH]cc(Br)c12. The number of anilines is 1. The molecule has 0 atom stereocenters. The smallest absolute Gasteiger partial charge is 0.0673 e. The first-order chi connectivity index (χ1) is 5.29. The van der Waals surface area contributed by atoms with Crippen molar-refractivity contribution in [3.63, 3.8) is 0 Å². The Bertz CT molecular complexity index is 393. The third kappa shape index (κ3) is 0.903. The van der Waals surface area contributed by atoms with E-state index in [0.717, 1.165) is 15.4 Å². The van der Waals surface area contributed by atoms with E-state index in [1.54, 1.807) is 12.4 Å². The average Bonchev–Trinajstić information content (AvgIpc) is 2.34. The van der Waals surface area contributed by atoms with Crippen molar-refractivity contribution in [1.82, 2.24) is 9.97 Å². The van der Waals surface area contributed by atoms with Gasteiger partial charge in [0.2, 0.25) is 0 Å². The van der Waals surface area contributed by atoms with Gasteiger partial charge in [0, 0.05) is 16.1 Å². The first kappa shape index (κ1) is 6.67. The lowest BCUT2D eigenvalue weighted by Crippen LogP contribution is -1.86. The minimum absolute atomic E-state index is 0.690. The van der Waals surface area contributed by atoms with E-state index < -0.39 is 0 Å². The van der Waals surface area contributed by atoms with Gasteiger partial charge in [-0.2, -0.15) is 0 Å². The van der Waals surface area contributed by atoms with Gasteiger partial charge in [-0.25, -0.2) is 0 Å². The summed E-state index contributed by atoms with van der Waals surface area (Å²) < 4.78 is 0.979. The molecule has 0 radical (unpaired) electrons. The monoisotopic (exact) mass is 211 g/mol. The molecular formula is C7H6BrN3. The lowest BCUT2D eigenvalue weighted by molar-refractivity contribution is 1.34. The van der Waals surface area contributed by atoms with Crippen molar-refractivity contribution in [2.45, 2.75) is 0 Å². The Morgan fingerprint density at radius 1 is 1.45 bits per heavy atom. The topological polar surface area (TPSA) is 54.7 Å². The summed E-state index contributed by atoms with van der Waals surface area (Å²) in [6.07, 6.45) is 5.24. The first-order valence-electron chi connectivity index (χ1n) is 3.15. The molecule has 0 aromatic carbocycles. The van der Waals surface area contributed by atoms with Crippen LogP contribution >= 0.6 is 15.9 Å². The molecular weight excluding hydrogens is 206 g/mol. The van der Waals surface area contributed by atoms with E-state index in [1.807, 2.05) is 6.20 Å². The van der Waals surface area contributed by atoms with Crippen molar-refractivity contribution in [3.8, 4) is 0 Å². The fourth-order valence-electron chi connectivity index (χ4n) is 1.07. The van der Waals surface area contributed by atoms with Crippen LogP contribution in [0.3, 0.4) is 0 Å². The normalized spacial score (nSPS) is 10.6. The molecule has 11 heavy (non-hydrogen) atoms. The third-order valence-electron chi connectivity index (χ3n) is 1.57. The summed E-state index contributed by atoms with van der Waals surface area (Å²) in [6, 6.07) is 0. The predicted molar refractivity (Wildman–Crippen MR) is 48.2 cm³/mol. The van der Waals surface area contributed by atoms with Gasteiger partial charge in [-0.15, -0.1) is 0 Å². The van der Waals surface area contributed by atoms with Crippen LogP contribution in [0.5, 0.6) is 0 Å². The molecule has 3 nitrogen and oxygen atoms in total. The molecule has 0 saturated heterocycles. The molecule has 56 valence electrons. The van der Waals surface area contributed by atoms with E-state index >= 15 is 0 Å². The Labute approximate surface area is 71.7 Å². The van der Waals surface area contributed by atoms with E-state index in [4.69, 9.17) is 5.73 Å². The van der Waals surface area contributed by atoms with Gasteiger partial charge in [-0.3, -0.25) is 4.98 Å². The molecule has 0 spiro atoms. The number of halogens is 1. The Hall–Kier alpha value is -1.03. The molecule has 0 amide bonds. The van der Waals surface area contributed by atoms with Crippen molar-refractivity contribution in [1.29, 1.82) is 0 Å². The number of aromatic amines is 1. The van der Waals surface area contributed by atoms with E-state index in [1.165, 1.54) is 0 Å². The van der Waals surface area contributed by atoms with Crippen LogP contribution in [0.4, 0.5) is 5.69 Å². The molecule has 0 fully saturated rings. The van der Waals surface area contributed by atoms with E-state index in [2.05, 4.69) is 25.9 Å². The largest absolute Gasteiger partial charge is 0.397 e. The summed E-state index contributed by atoms with van der Waals surface area (Å²) in [5, 5.41) is 1.00. The summed E-state index contributed by atoms with van der Waals surface area (Å²) in [7, 11) is 0. The molecule has 3 N–H and O–H groups in total. The maximum Gasteiger partial charge on any atom is 0.0673 e. The van der Waals surface area contributed by atoms with Crippen LogP contribution in [0.2, 0.25) is 0 Å². The van der Waals surface area contributed by atoms with Crippen LogP contribution in [-0.2, 0) is 0 Å². The van der Waals surface area contributed by atoms with Crippen LogP contribution in [0, 0.1) is 0 Å². The van der Waals surface area contributed by atoms with Crippen molar-refractivity contribution >= 4 is 32.5 Å². The van der Waals surface area contributed by atoms with Crippen molar-refractivity contribution in [2.24, 2.45) is 0 Å². The fraction of sp³-hybridized carbons (Fsp3) is 0. The molecule has 2 aromatic rings. The maximum absolute atomic E-state index is 5.69. The lowest BCUT2D eigenvalue weighted by atomic mass is 10.3. The van der Waals surface area contributed by atoms with Crippen molar-refractivity contribution in [3.05, 3.63) is 23.1 Å². The molecule has 0 bridgehead atoms. The zero-order valence-electron chi connectivity index (χ0n) is 5.63. The molecule has 0 aliphatic rings. The zero-order valence-corrected chi connectivity index (χ0v) is 7.22. The van der Waals surface area contributed by atoms with Gasteiger partial charge in [0.15, 0.2) is 0 Å². The number of nitrogens with zero attached hydrogens (tertiary/aromatic N) is 1. The number of rotatable bonds is 0. The zero-order chi connectivity index (χ0) is 7.84. The third-order valence-corrected chi connectivity index (χ3v) is 2.19. The van der Waals surface area contributed by atoms with Gasteiger partial charge < -0.3 is 10.7 Å². The quantitative estimate of drug-likeness (QED) is 0.700. The van der Waals surface area contributed by atoms with E-state index in [0.29, 0.717) is 5.69 Å². The van der Waals surface area contributed by atoms with Crippen molar-refractivity contribution < 1.29 is 0 Å². The van der Waals surface area contributed by atoms with Gasteiger partial charge in [-0.05, 0) is 15.9 Å². The number of fused-ring (bicyclic) bond motifs is 1. The Morgan fingerprint density at radius 2 is 2.27 bits per heavy atom. The second kappa shape index (κ2) is 2.23. The highest BCUT2D eigenvalue weighted by Gasteiger charge is 2.02. The highest BCUT2D eigenvalue weighted by Crippen LogP contribution is 2.27. The second-order valence-electron chi connectivity index (χ2n) is 2.29. The number of pyridine rings is 1. The predicted octanol–water partition coefficient (Wildman–Crippen LogP) is 1.91. The fourth-order valence-corrected chi connectivity index (χ4v) is 1.62. The minimum Gasteiger partial charge on any atom is -0.397 e. The summed E-state index contributed by atoms with van der Waals surface area (Å²) in [4.78, 5) is 6.99. The Kier molecular flexibility index (Phi) is 1.35. The van der Waals surface area contributed by atoms with Gasteiger partial charge in [0.05, 0.1) is 23.6 Å². The summed E-state index contributed by atoms with van der Waals surface area (Å²) in [6.45, 7) is 0. The van der Waals surface area contributed by atoms with Gasteiger partial charge in [0.25, 0.3) is 0 Å². The molecule has 2 aromatic heterocycles. The standard InChI is InChI=1S/C7H6BrN3/c8-4-1-11-6-3-10-2-5(9)7(4)6/h1-3,11H,9H2. The molecule has 2 heterocycles. The molecule has 0 aliphatic carbocycles. The van der Waals surface area contributed by atoms with Gasteiger partial charge >= 0.3 is 0 Å². The number of nitrogens with one attached hydrogen (secondary N) is 1. The first-order valence-corrected chi connectivity index (χ1v) is 3.94. The summed E-state index contributed by atoms with van der Waals surface area (Å²) in [5.74, 6) is 0. The van der Waals surface area contributed by atoms with Crippen molar-refractivity contribution in [2.75, 3.05) is 5.73 Å². The Morgan fingerprint density at radius 3 is 3.00 bits per heavy atom. The van der Waals surface area contributed by atoms with E-state index in [-0.39, 0.29) is 0 Å². The van der Waals surface area contributed by atoms with Gasteiger partial charge in [-0.1, -0.05) is 0 Å². The highest BCUT2D eigenvalue weighted by atomic mass is 79.9. The number of aromatic nitrogens is 2. The molecule has 0 aliphatic heterocycles. The lowest BCUT2D eigenvalue weighted by Gasteiger charge is -1.93. The Balaban J connectivity index is 2.96. The number of nitrogens with two attached hydrogens (primary N) is 1. The number of hydrogen-bond donors (Lipinski definition) is 2. The summed E-state index contributed by atoms with van der Waals surface area (Å²) in [5.41, 5.74) is 7.33. The molecule has 0 saturated carbocycles. The van der Waals surface area contributed by atoms with Crippen LogP contribution in [0.25, 0.3) is 10.9 Å². The maximum atomic E-state index is 5.69. The number of H-pyrrole nitrogens is 1. The second-order valence-corrected chi connectivity index (χ2v) is 3.14.